The van der Waals surface area contributed by atoms with Crippen molar-refractivity contribution in [1.29, 1.82) is 0 Å². The summed E-state index contributed by atoms with van der Waals surface area (Å²) in [5.74, 6) is 1.16. The number of allylic oxidation sites excluding steroid dienone is 1. The van der Waals surface area contributed by atoms with Crippen molar-refractivity contribution in [2.24, 2.45) is 11.3 Å². The number of rotatable bonds is 2. The lowest BCUT2D eigenvalue weighted by Crippen LogP contribution is -2.29. The first-order valence-corrected chi connectivity index (χ1v) is 7.16. The molecule has 2 aliphatic rings. The van der Waals surface area contributed by atoms with Crippen LogP contribution in [0.25, 0.3) is 10.8 Å². The second kappa shape index (κ2) is 4.20. The minimum Gasteiger partial charge on any atom is -0.425 e. The van der Waals surface area contributed by atoms with E-state index in [1.807, 2.05) is 42.5 Å². The SMILES string of the molecule is O=C(Oc1cccc2ccccc12)C12C=CC(CC1)C2. The fourth-order valence-electron chi connectivity index (χ4n) is 3.49. The monoisotopic (exact) mass is 264 g/mol. The Bertz CT molecular complexity index is 711. The van der Waals surface area contributed by atoms with Crippen molar-refractivity contribution in [2.45, 2.75) is 19.3 Å². The van der Waals surface area contributed by atoms with Crippen LogP contribution in [0.3, 0.4) is 0 Å². The van der Waals surface area contributed by atoms with Crippen LogP contribution in [0.1, 0.15) is 19.3 Å². The van der Waals surface area contributed by atoms with Crippen molar-refractivity contribution in [3.63, 3.8) is 0 Å². The van der Waals surface area contributed by atoms with Crippen molar-refractivity contribution in [1.82, 2.24) is 0 Å². The van der Waals surface area contributed by atoms with E-state index in [1.54, 1.807) is 0 Å². The van der Waals surface area contributed by atoms with Gasteiger partial charge in [0.2, 0.25) is 0 Å². The van der Waals surface area contributed by atoms with Gasteiger partial charge in [-0.2, -0.15) is 0 Å². The van der Waals surface area contributed by atoms with Crippen LogP contribution < -0.4 is 4.74 Å². The predicted octanol–water partition coefficient (Wildman–Crippen LogP) is 4.10. The van der Waals surface area contributed by atoms with E-state index < -0.39 is 0 Å². The zero-order valence-corrected chi connectivity index (χ0v) is 11.2. The molecule has 2 heteroatoms. The summed E-state index contributed by atoms with van der Waals surface area (Å²) in [6, 6.07) is 13.8. The van der Waals surface area contributed by atoms with Crippen LogP contribution in [0.5, 0.6) is 5.75 Å². The third kappa shape index (κ3) is 1.68. The summed E-state index contributed by atoms with van der Waals surface area (Å²) < 4.78 is 5.74. The Morgan fingerprint density at radius 1 is 1.15 bits per heavy atom. The van der Waals surface area contributed by atoms with Crippen molar-refractivity contribution >= 4 is 16.7 Å². The van der Waals surface area contributed by atoms with Gasteiger partial charge >= 0.3 is 5.97 Å². The molecule has 0 heterocycles. The lowest BCUT2D eigenvalue weighted by atomic mass is 9.88. The van der Waals surface area contributed by atoms with Crippen LogP contribution in [0, 0.1) is 11.3 Å². The molecule has 2 aromatic rings. The van der Waals surface area contributed by atoms with E-state index in [0.717, 1.165) is 30.0 Å². The van der Waals surface area contributed by atoms with E-state index >= 15 is 0 Å². The lowest BCUT2D eigenvalue weighted by molar-refractivity contribution is -0.142. The van der Waals surface area contributed by atoms with E-state index in [0.29, 0.717) is 11.7 Å². The van der Waals surface area contributed by atoms with Gasteiger partial charge in [-0.15, -0.1) is 0 Å². The van der Waals surface area contributed by atoms with Gasteiger partial charge in [0.05, 0.1) is 5.41 Å². The topological polar surface area (TPSA) is 26.3 Å². The van der Waals surface area contributed by atoms with Gasteiger partial charge in [-0.05, 0) is 36.6 Å². The first kappa shape index (κ1) is 11.7. The summed E-state index contributed by atoms with van der Waals surface area (Å²) in [6.45, 7) is 0. The summed E-state index contributed by atoms with van der Waals surface area (Å²) in [4.78, 5) is 12.6. The van der Waals surface area contributed by atoms with Gasteiger partial charge in [0.25, 0.3) is 0 Å². The largest absolute Gasteiger partial charge is 0.425 e. The molecule has 1 fully saturated rings. The lowest BCUT2D eigenvalue weighted by Gasteiger charge is -2.21. The molecular formula is C18H16O2. The maximum Gasteiger partial charge on any atom is 0.321 e. The Morgan fingerprint density at radius 3 is 2.75 bits per heavy atom. The molecule has 0 aliphatic heterocycles. The Morgan fingerprint density at radius 2 is 2.00 bits per heavy atom. The predicted molar refractivity (Wildman–Crippen MR) is 78.5 cm³/mol. The molecule has 0 saturated heterocycles. The molecule has 2 aliphatic carbocycles. The van der Waals surface area contributed by atoms with Crippen molar-refractivity contribution in [3.05, 3.63) is 54.6 Å². The zero-order valence-electron chi connectivity index (χ0n) is 11.2. The zero-order chi connectivity index (χ0) is 13.6. The summed E-state index contributed by atoms with van der Waals surface area (Å²) >= 11 is 0. The van der Waals surface area contributed by atoms with E-state index in [-0.39, 0.29) is 11.4 Å². The van der Waals surface area contributed by atoms with Gasteiger partial charge in [-0.1, -0.05) is 48.6 Å². The smallest absolute Gasteiger partial charge is 0.321 e. The first-order chi connectivity index (χ1) is 9.77. The maximum atomic E-state index is 12.6. The molecule has 1 saturated carbocycles. The third-order valence-electron chi connectivity index (χ3n) is 4.63. The van der Waals surface area contributed by atoms with Crippen LogP contribution in [-0.4, -0.2) is 5.97 Å². The fraction of sp³-hybridized carbons (Fsp3) is 0.278. The summed E-state index contributed by atoms with van der Waals surface area (Å²) in [5, 5.41) is 2.10. The van der Waals surface area contributed by atoms with Crippen LogP contribution in [0.2, 0.25) is 0 Å². The minimum absolute atomic E-state index is 0.0925. The summed E-state index contributed by atoms with van der Waals surface area (Å²) in [5.41, 5.74) is -0.360. The molecule has 2 atom stereocenters. The van der Waals surface area contributed by atoms with Crippen LogP contribution >= 0.6 is 0 Å². The summed E-state index contributed by atoms with van der Waals surface area (Å²) in [6.07, 6.45) is 7.21. The van der Waals surface area contributed by atoms with E-state index in [2.05, 4.69) is 12.2 Å². The number of benzene rings is 2. The van der Waals surface area contributed by atoms with E-state index in [4.69, 9.17) is 4.74 Å². The number of fused-ring (bicyclic) bond motifs is 3. The van der Waals surface area contributed by atoms with E-state index in [1.165, 1.54) is 0 Å². The Hall–Kier alpha value is -2.09. The maximum absolute atomic E-state index is 12.6. The first-order valence-electron chi connectivity index (χ1n) is 7.16. The van der Waals surface area contributed by atoms with Gasteiger partial charge in [0.15, 0.2) is 0 Å². The van der Waals surface area contributed by atoms with E-state index in [9.17, 15) is 4.79 Å². The number of hydrogen-bond donors (Lipinski definition) is 0. The fourth-order valence-corrected chi connectivity index (χ4v) is 3.49. The molecule has 2 unspecified atom stereocenters. The third-order valence-corrected chi connectivity index (χ3v) is 4.63. The average Bonchev–Trinajstić information content (AvgIpc) is 3.10. The van der Waals surface area contributed by atoms with Crippen LogP contribution in [0.15, 0.2) is 54.6 Å². The van der Waals surface area contributed by atoms with Crippen molar-refractivity contribution < 1.29 is 9.53 Å². The molecule has 100 valence electrons. The molecule has 0 aromatic heterocycles. The van der Waals surface area contributed by atoms with Crippen LogP contribution in [-0.2, 0) is 4.79 Å². The van der Waals surface area contributed by atoms with Gasteiger partial charge in [-0.25, -0.2) is 0 Å². The molecule has 4 rings (SSSR count). The highest BCUT2D eigenvalue weighted by atomic mass is 16.5. The second-order valence-corrected chi connectivity index (χ2v) is 5.88. The molecule has 20 heavy (non-hydrogen) atoms. The molecule has 2 aromatic carbocycles. The van der Waals surface area contributed by atoms with Gasteiger partial charge < -0.3 is 4.74 Å². The standard InChI is InChI=1S/C18H16O2/c19-17(18-10-8-13(12-18)9-11-18)20-16-7-3-5-14-4-1-2-6-15(14)16/h1-8,10,13H,9,11-12H2. The highest BCUT2D eigenvalue weighted by Crippen LogP contribution is 2.50. The minimum atomic E-state index is -0.360. The summed E-state index contributed by atoms with van der Waals surface area (Å²) in [7, 11) is 0. The Kier molecular flexibility index (Phi) is 2.46. The molecule has 2 nitrogen and oxygen atoms in total. The number of hydrogen-bond acceptors (Lipinski definition) is 2. The highest BCUT2D eigenvalue weighted by Gasteiger charge is 2.47. The van der Waals surface area contributed by atoms with Gasteiger partial charge in [-0.3, -0.25) is 4.79 Å². The molecule has 0 radical (unpaired) electrons. The normalized spacial score (nSPS) is 27.1. The van der Waals surface area contributed by atoms with Gasteiger partial charge in [0, 0.05) is 5.39 Å². The Balaban J connectivity index is 1.68. The average molecular weight is 264 g/mol. The van der Waals surface area contributed by atoms with Gasteiger partial charge in [0.1, 0.15) is 5.75 Å². The van der Waals surface area contributed by atoms with Crippen molar-refractivity contribution in [3.8, 4) is 5.75 Å². The molecule has 0 N–H and O–H groups in total. The quantitative estimate of drug-likeness (QED) is 0.463. The van der Waals surface area contributed by atoms with Crippen LogP contribution in [0.4, 0.5) is 0 Å². The highest BCUT2D eigenvalue weighted by molar-refractivity contribution is 5.92. The van der Waals surface area contributed by atoms with Crippen molar-refractivity contribution in [2.75, 3.05) is 0 Å². The number of ether oxygens (including phenoxy) is 1. The molecule has 0 spiro atoms. The number of carbonyl (C=O) groups is 1. The number of esters is 1. The molecule has 0 amide bonds. The second-order valence-electron chi connectivity index (χ2n) is 5.88. The molecule has 2 bridgehead atoms. The Labute approximate surface area is 118 Å². The molecular weight excluding hydrogens is 248 g/mol. The number of carbonyl (C=O) groups excluding carboxylic acids is 1.